The summed E-state index contributed by atoms with van der Waals surface area (Å²) in [6, 6.07) is 9.94. The maximum absolute atomic E-state index is 12.1. The summed E-state index contributed by atoms with van der Waals surface area (Å²) in [6.45, 7) is 11.1. The van der Waals surface area contributed by atoms with E-state index in [2.05, 4.69) is 24.1 Å². The Morgan fingerprint density at radius 1 is 1.25 bits per heavy atom. The van der Waals surface area contributed by atoms with E-state index in [9.17, 15) is 4.79 Å². The van der Waals surface area contributed by atoms with Crippen LogP contribution in [0.1, 0.15) is 39.2 Å². The largest absolute Gasteiger partial charge is 0.364 e. The quantitative estimate of drug-likeness (QED) is 0.744. The zero-order valence-electron chi connectivity index (χ0n) is 15.3. The van der Waals surface area contributed by atoms with Crippen molar-refractivity contribution in [1.29, 1.82) is 0 Å². The minimum absolute atomic E-state index is 0.0219. The maximum atomic E-state index is 12.1. The summed E-state index contributed by atoms with van der Waals surface area (Å²) in [6.07, 6.45) is 1.92. The van der Waals surface area contributed by atoms with Gasteiger partial charge in [-0.1, -0.05) is 44.2 Å². The number of rotatable bonds is 8. The summed E-state index contributed by atoms with van der Waals surface area (Å²) in [5.41, 5.74) is 1.09. The first kappa shape index (κ1) is 18.9. The molecule has 1 aliphatic rings. The number of ether oxygens (including phenoxy) is 1. The predicted molar refractivity (Wildman–Crippen MR) is 97.7 cm³/mol. The molecule has 4 nitrogen and oxygen atoms in total. The minimum atomic E-state index is -0.416. The molecule has 1 N–H and O–H groups in total. The summed E-state index contributed by atoms with van der Waals surface area (Å²) in [5, 5.41) is 2.99. The van der Waals surface area contributed by atoms with Crippen LogP contribution >= 0.6 is 0 Å². The minimum Gasteiger partial charge on any atom is -0.364 e. The molecule has 4 heteroatoms. The van der Waals surface area contributed by atoms with Crippen LogP contribution in [0.25, 0.3) is 0 Å². The molecule has 1 fully saturated rings. The first-order chi connectivity index (χ1) is 11.5. The van der Waals surface area contributed by atoms with Crippen molar-refractivity contribution in [3.8, 4) is 0 Å². The molecule has 3 atom stereocenters. The molecule has 1 amide bonds. The van der Waals surface area contributed by atoms with Gasteiger partial charge in [0.15, 0.2) is 0 Å². The lowest BCUT2D eigenvalue weighted by Crippen LogP contribution is -2.41. The molecule has 2 rings (SSSR count). The van der Waals surface area contributed by atoms with Crippen LogP contribution in [-0.2, 0) is 16.1 Å². The van der Waals surface area contributed by atoms with Gasteiger partial charge in [0.2, 0.25) is 5.91 Å². The number of hydrogen-bond acceptors (Lipinski definition) is 3. The van der Waals surface area contributed by atoms with Crippen molar-refractivity contribution in [2.75, 3.05) is 26.2 Å². The van der Waals surface area contributed by atoms with Crippen LogP contribution in [0.15, 0.2) is 30.3 Å². The van der Waals surface area contributed by atoms with Crippen molar-refractivity contribution in [2.45, 2.75) is 46.3 Å². The maximum Gasteiger partial charge on any atom is 0.248 e. The molecule has 1 aromatic rings. The monoisotopic (exact) mass is 332 g/mol. The fourth-order valence-electron chi connectivity index (χ4n) is 3.50. The Labute approximate surface area is 146 Å². The Morgan fingerprint density at radius 2 is 1.92 bits per heavy atom. The highest BCUT2D eigenvalue weighted by Gasteiger charge is 2.21. The zero-order valence-corrected chi connectivity index (χ0v) is 15.3. The Morgan fingerprint density at radius 3 is 2.58 bits per heavy atom. The molecule has 0 bridgehead atoms. The molecule has 0 spiro atoms. The summed E-state index contributed by atoms with van der Waals surface area (Å²) in [5.74, 6) is 1.55. The number of likely N-dealkylation sites (tertiary alicyclic amines) is 1. The lowest BCUT2D eigenvalue weighted by atomic mass is 9.92. The smallest absolute Gasteiger partial charge is 0.248 e. The van der Waals surface area contributed by atoms with Gasteiger partial charge < -0.3 is 15.0 Å². The Bertz CT molecular complexity index is 482. The van der Waals surface area contributed by atoms with Crippen molar-refractivity contribution in [3.63, 3.8) is 0 Å². The van der Waals surface area contributed by atoms with E-state index in [-0.39, 0.29) is 5.91 Å². The molecular formula is C20H32N2O2. The molecular weight excluding hydrogens is 300 g/mol. The molecule has 0 aromatic heterocycles. The van der Waals surface area contributed by atoms with E-state index in [0.717, 1.165) is 36.9 Å². The second kappa shape index (κ2) is 9.80. The molecule has 1 aliphatic heterocycles. The second-order valence-electron chi connectivity index (χ2n) is 7.29. The van der Waals surface area contributed by atoms with E-state index in [1.807, 2.05) is 37.3 Å². The van der Waals surface area contributed by atoms with Gasteiger partial charge in [-0.05, 0) is 43.7 Å². The van der Waals surface area contributed by atoms with E-state index >= 15 is 0 Å². The van der Waals surface area contributed by atoms with E-state index in [0.29, 0.717) is 6.61 Å². The number of carbonyl (C=O) groups is 1. The molecule has 0 saturated carbocycles. The molecule has 0 aliphatic carbocycles. The van der Waals surface area contributed by atoms with E-state index in [4.69, 9.17) is 4.74 Å². The van der Waals surface area contributed by atoms with Crippen LogP contribution in [-0.4, -0.2) is 43.1 Å². The van der Waals surface area contributed by atoms with Crippen LogP contribution < -0.4 is 5.32 Å². The lowest BCUT2D eigenvalue weighted by molar-refractivity contribution is -0.132. The molecule has 1 aromatic carbocycles. The Balaban J connectivity index is 1.58. The number of nitrogens with zero attached hydrogens (tertiary/aromatic N) is 1. The van der Waals surface area contributed by atoms with Crippen LogP contribution in [0, 0.1) is 11.8 Å². The van der Waals surface area contributed by atoms with Gasteiger partial charge in [0.05, 0.1) is 6.61 Å². The van der Waals surface area contributed by atoms with E-state index < -0.39 is 6.10 Å². The standard InChI is InChI=1S/C20H32N2O2/c1-16-12-17(2)14-22(13-16)11-7-10-21-20(23)18(3)24-15-19-8-5-4-6-9-19/h4-6,8-9,16-18H,7,10-15H2,1-3H3,(H,21,23). The highest BCUT2D eigenvalue weighted by molar-refractivity contribution is 5.80. The number of amides is 1. The third-order valence-corrected chi connectivity index (χ3v) is 4.61. The van der Waals surface area contributed by atoms with Gasteiger partial charge in [0, 0.05) is 19.6 Å². The molecule has 3 unspecified atom stereocenters. The molecule has 24 heavy (non-hydrogen) atoms. The number of piperidine rings is 1. The van der Waals surface area contributed by atoms with Gasteiger partial charge in [-0.25, -0.2) is 0 Å². The van der Waals surface area contributed by atoms with Gasteiger partial charge in [-0.2, -0.15) is 0 Å². The van der Waals surface area contributed by atoms with Crippen LogP contribution in [0.2, 0.25) is 0 Å². The summed E-state index contributed by atoms with van der Waals surface area (Å²) in [4.78, 5) is 14.6. The number of hydrogen-bond donors (Lipinski definition) is 1. The third kappa shape index (κ3) is 6.62. The van der Waals surface area contributed by atoms with Crippen molar-refractivity contribution in [1.82, 2.24) is 10.2 Å². The Hall–Kier alpha value is -1.39. The first-order valence-corrected chi connectivity index (χ1v) is 9.20. The molecule has 1 saturated heterocycles. The van der Waals surface area contributed by atoms with Crippen molar-refractivity contribution < 1.29 is 9.53 Å². The van der Waals surface area contributed by atoms with Gasteiger partial charge in [-0.15, -0.1) is 0 Å². The number of carbonyl (C=O) groups excluding carboxylic acids is 1. The predicted octanol–water partition coefficient (Wildman–Crippen LogP) is 3.08. The topological polar surface area (TPSA) is 41.6 Å². The first-order valence-electron chi connectivity index (χ1n) is 9.20. The Kier molecular flexibility index (Phi) is 7.73. The van der Waals surface area contributed by atoms with Gasteiger partial charge >= 0.3 is 0 Å². The van der Waals surface area contributed by atoms with E-state index in [1.54, 1.807) is 0 Å². The van der Waals surface area contributed by atoms with Crippen molar-refractivity contribution >= 4 is 5.91 Å². The van der Waals surface area contributed by atoms with Crippen molar-refractivity contribution in [3.05, 3.63) is 35.9 Å². The lowest BCUT2D eigenvalue weighted by Gasteiger charge is -2.34. The summed E-state index contributed by atoms with van der Waals surface area (Å²) >= 11 is 0. The van der Waals surface area contributed by atoms with Crippen LogP contribution in [0.5, 0.6) is 0 Å². The summed E-state index contributed by atoms with van der Waals surface area (Å²) in [7, 11) is 0. The second-order valence-corrected chi connectivity index (χ2v) is 7.29. The highest BCUT2D eigenvalue weighted by Crippen LogP contribution is 2.20. The number of benzene rings is 1. The van der Waals surface area contributed by atoms with Gasteiger partial charge in [-0.3, -0.25) is 4.79 Å². The molecule has 1 heterocycles. The van der Waals surface area contributed by atoms with Crippen molar-refractivity contribution in [2.24, 2.45) is 11.8 Å². The van der Waals surface area contributed by atoms with Crippen LogP contribution in [0.3, 0.4) is 0 Å². The fourth-order valence-corrected chi connectivity index (χ4v) is 3.50. The fraction of sp³-hybridized carbons (Fsp3) is 0.650. The van der Waals surface area contributed by atoms with Crippen LogP contribution in [0.4, 0.5) is 0 Å². The summed E-state index contributed by atoms with van der Waals surface area (Å²) < 4.78 is 5.64. The average Bonchev–Trinajstić information content (AvgIpc) is 2.56. The zero-order chi connectivity index (χ0) is 17.4. The molecule has 0 radical (unpaired) electrons. The van der Waals surface area contributed by atoms with Gasteiger partial charge in [0.1, 0.15) is 6.10 Å². The third-order valence-electron chi connectivity index (χ3n) is 4.61. The SMILES string of the molecule is CC1CC(C)CN(CCCNC(=O)C(C)OCc2ccccc2)C1. The van der Waals surface area contributed by atoms with E-state index in [1.165, 1.54) is 19.5 Å². The highest BCUT2D eigenvalue weighted by atomic mass is 16.5. The van der Waals surface area contributed by atoms with Gasteiger partial charge in [0.25, 0.3) is 0 Å². The normalized spacial score (nSPS) is 23.0. The average molecular weight is 332 g/mol. The molecule has 134 valence electrons. The number of nitrogens with one attached hydrogen (secondary N) is 1.